The zero-order valence-corrected chi connectivity index (χ0v) is 27.6. The van der Waals surface area contributed by atoms with Crippen LogP contribution in [0.15, 0.2) is 0 Å². The van der Waals surface area contributed by atoms with Gasteiger partial charge in [-0.2, -0.15) is 19.6 Å². The quantitative estimate of drug-likeness (QED) is 0.252. The van der Waals surface area contributed by atoms with Crippen LogP contribution in [0.2, 0.25) is 0 Å². The summed E-state index contributed by atoms with van der Waals surface area (Å²) in [5.74, 6) is 1.77. The van der Waals surface area contributed by atoms with E-state index >= 15 is 0 Å². The third kappa shape index (κ3) is 5.59. The maximum atomic E-state index is 12.5. The zero-order chi connectivity index (χ0) is 30.6. The Balaban J connectivity index is 1.18. The highest BCUT2D eigenvalue weighted by Crippen LogP contribution is 2.69. The van der Waals surface area contributed by atoms with Gasteiger partial charge in [0.2, 0.25) is 17.5 Å². The molecule has 6 rings (SSSR count). The molecule has 43 heavy (non-hydrogen) atoms. The molecule has 8 heteroatoms. The Bertz CT molecular complexity index is 1030. The van der Waals surface area contributed by atoms with Crippen LogP contribution in [0.4, 0.5) is 0 Å². The predicted molar refractivity (Wildman–Crippen MR) is 161 cm³/mol. The summed E-state index contributed by atoms with van der Waals surface area (Å²) in [4.78, 5) is 49.1. The number of hydrogen-bond acceptors (Lipinski definition) is 7. The second-order valence-electron chi connectivity index (χ2n) is 16.0. The van der Waals surface area contributed by atoms with Gasteiger partial charge in [-0.25, -0.2) is 0 Å². The fraction of sp³-hybridized carbons (Fsp3) is 0.943. The molecule has 2 spiro atoms. The number of fused-ring (bicyclic) bond motifs is 5. The van der Waals surface area contributed by atoms with Gasteiger partial charge in [-0.15, -0.1) is 0 Å². The molecule has 1 aliphatic heterocycles. The highest BCUT2D eigenvalue weighted by molar-refractivity contribution is 5.75. The lowest BCUT2D eigenvalue weighted by atomic mass is 9.43. The van der Waals surface area contributed by atoms with Crippen molar-refractivity contribution in [1.29, 1.82) is 0 Å². The second-order valence-corrected chi connectivity index (χ2v) is 16.0. The van der Waals surface area contributed by atoms with Gasteiger partial charge in [0.1, 0.15) is 6.10 Å². The third-order valence-corrected chi connectivity index (χ3v) is 14.0. The van der Waals surface area contributed by atoms with Crippen LogP contribution < -0.4 is 5.32 Å². The van der Waals surface area contributed by atoms with Crippen LogP contribution in [0.1, 0.15) is 131 Å². The van der Waals surface area contributed by atoms with Gasteiger partial charge in [0.05, 0.1) is 0 Å². The molecule has 1 heterocycles. The Morgan fingerprint density at radius 2 is 1.56 bits per heavy atom. The topological polar surface area (TPSA) is 92.3 Å². The van der Waals surface area contributed by atoms with Gasteiger partial charge in [0, 0.05) is 52.0 Å². The minimum Gasteiger partial charge on any atom is -0.462 e. The summed E-state index contributed by atoms with van der Waals surface area (Å²) >= 11 is 0. The summed E-state index contributed by atoms with van der Waals surface area (Å²) in [6, 6.07) is 0. The van der Waals surface area contributed by atoms with Crippen LogP contribution in [0.3, 0.4) is 0 Å². The van der Waals surface area contributed by atoms with Crippen molar-refractivity contribution < 1.29 is 33.9 Å². The Morgan fingerprint density at radius 3 is 2.21 bits per heavy atom. The van der Waals surface area contributed by atoms with Crippen molar-refractivity contribution in [3.05, 3.63) is 0 Å². The summed E-state index contributed by atoms with van der Waals surface area (Å²) < 4.78 is 6.25. The lowest BCUT2D eigenvalue weighted by Gasteiger charge is -2.64. The maximum absolute atomic E-state index is 12.5. The summed E-state index contributed by atoms with van der Waals surface area (Å²) in [5.41, 5.74) is 0.334. The molecular formula is C35H57NO7. The van der Waals surface area contributed by atoms with Gasteiger partial charge in [-0.3, -0.25) is 9.59 Å². The predicted octanol–water partition coefficient (Wildman–Crippen LogP) is 7.25. The first-order chi connectivity index (χ1) is 20.5. The molecule has 244 valence electrons. The van der Waals surface area contributed by atoms with E-state index in [0.29, 0.717) is 42.4 Å². The largest absolute Gasteiger partial charge is 0.462 e. The van der Waals surface area contributed by atoms with E-state index in [-0.39, 0.29) is 34.7 Å². The number of carbonyl (C=O) groups is 2. The normalized spacial score (nSPS) is 48.2. The third-order valence-electron chi connectivity index (χ3n) is 14.0. The van der Waals surface area contributed by atoms with Crippen LogP contribution in [0.5, 0.6) is 0 Å². The van der Waals surface area contributed by atoms with Crippen LogP contribution in [-0.2, 0) is 33.9 Å². The van der Waals surface area contributed by atoms with Gasteiger partial charge in [-0.1, -0.05) is 34.1 Å². The fourth-order valence-corrected chi connectivity index (χ4v) is 11.3. The SMILES string of the molecule is CCC1CCC2(CC1)OOC1(CC[C@@]3(C)[C@H](C[C@@H](OC(C)=O)[C@@H]4[C@@H]3CC[C@]3(C)[C@@H]([C@H](C)CCC(=O)NC)CC[C@@H]43)C1)OO2. The number of nitrogens with one attached hydrogen (secondary N) is 1. The molecule has 6 fully saturated rings. The van der Waals surface area contributed by atoms with Crippen LogP contribution in [-0.4, -0.2) is 36.6 Å². The molecule has 0 aromatic rings. The first-order valence-electron chi connectivity index (χ1n) is 17.6. The van der Waals surface area contributed by atoms with Crippen LogP contribution in [0, 0.1) is 52.3 Å². The van der Waals surface area contributed by atoms with E-state index in [1.54, 1.807) is 14.0 Å². The first-order valence-corrected chi connectivity index (χ1v) is 17.6. The van der Waals surface area contributed by atoms with Crippen molar-refractivity contribution in [3.63, 3.8) is 0 Å². The van der Waals surface area contributed by atoms with Crippen molar-refractivity contribution in [2.75, 3.05) is 7.05 Å². The highest BCUT2D eigenvalue weighted by Gasteiger charge is 2.66. The Kier molecular flexibility index (Phi) is 8.75. The average molecular weight is 604 g/mol. The molecule has 6 aliphatic rings. The lowest BCUT2D eigenvalue weighted by molar-refractivity contribution is -0.665. The van der Waals surface area contributed by atoms with Gasteiger partial charge in [0.15, 0.2) is 0 Å². The van der Waals surface area contributed by atoms with E-state index in [1.165, 1.54) is 25.7 Å². The molecule has 0 aromatic heterocycles. The molecule has 0 aromatic carbocycles. The lowest BCUT2D eigenvalue weighted by Crippen LogP contribution is -2.62. The minimum atomic E-state index is -0.896. The van der Waals surface area contributed by atoms with E-state index in [2.05, 4.69) is 33.0 Å². The smallest absolute Gasteiger partial charge is 0.302 e. The van der Waals surface area contributed by atoms with Crippen molar-refractivity contribution in [1.82, 2.24) is 5.32 Å². The molecule has 5 saturated carbocycles. The van der Waals surface area contributed by atoms with Crippen LogP contribution in [0.25, 0.3) is 0 Å². The molecule has 8 nitrogen and oxygen atoms in total. The molecule has 1 amide bonds. The summed E-state index contributed by atoms with van der Waals surface area (Å²) in [6.07, 6.45) is 14.3. The minimum absolute atomic E-state index is 0.0960. The molecule has 5 aliphatic carbocycles. The summed E-state index contributed by atoms with van der Waals surface area (Å²) in [6.45, 7) is 11.2. The number of rotatable bonds is 6. The fourth-order valence-electron chi connectivity index (χ4n) is 11.3. The number of esters is 1. The second kappa shape index (κ2) is 11.9. The number of hydrogen-bond donors (Lipinski definition) is 1. The highest BCUT2D eigenvalue weighted by atomic mass is 17.4. The molecule has 0 radical (unpaired) electrons. The van der Waals surface area contributed by atoms with Crippen molar-refractivity contribution in [3.8, 4) is 0 Å². The van der Waals surface area contributed by atoms with E-state index in [4.69, 9.17) is 24.3 Å². The van der Waals surface area contributed by atoms with E-state index in [1.807, 2.05) is 0 Å². The average Bonchev–Trinajstić information content (AvgIpc) is 3.35. The monoisotopic (exact) mass is 603 g/mol. The molecule has 1 N–H and O–H groups in total. The summed E-state index contributed by atoms with van der Waals surface area (Å²) in [5, 5.41) is 2.79. The Hall–Kier alpha value is -1.22. The van der Waals surface area contributed by atoms with Gasteiger partial charge in [0.25, 0.3) is 0 Å². The standard InChI is InChI=1S/C35H57NO7/c1-7-24-12-16-34(17-13-24)40-42-35(43-41-34)19-18-32(4)25(21-35)20-29(39-23(3)37)31-27-10-9-26(22(2)8-11-30(38)36-6)33(27,5)15-14-28(31)32/h22,24-29,31H,7-21H2,1-6H3,(H,36,38)/t22-,24?,25-,26-,27+,28+,29-,31+,32+,33-,34?,35?/m1/s1. The van der Waals surface area contributed by atoms with Crippen molar-refractivity contribution >= 4 is 11.9 Å². The van der Waals surface area contributed by atoms with E-state index in [9.17, 15) is 9.59 Å². The van der Waals surface area contributed by atoms with Gasteiger partial charge < -0.3 is 10.1 Å². The Labute approximate surface area is 258 Å². The molecule has 0 unspecified atom stereocenters. The molecular weight excluding hydrogens is 546 g/mol. The van der Waals surface area contributed by atoms with Gasteiger partial charge in [-0.05, 0) is 104 Å². The van der Waals surface area contributed by atoms with Crippen LogP contribution >= 0.6 is 0 Å². The van der Waals surface area contributed by atoms with Crippen molar-refractivity contribution in [2.24, 2.45) is 52.3 Å². The zero-order valence-electron chi connectivity index (χ0n) is 27.6. The number of amides is 1. The molecule has 0 bridgehead atoms. The summed E-state index contributed by atoms with van der Waals surface area (Å²) in [7, 11) is 1.72. The van der Waals surface area contributed by atoms with Gasteiger partial charge >= 0.3 is 5.97 Å². The van der Waals surface area contributed by atoms with Crippen molar-refractivity contribution in [2.45, 2.75) is 149 Å². The maximum Gasteiger partial charge on any atom is 0.302 e. The van der Waals surface area contributed by atoms with E-state index in [0.717, 1.165) is 63.7 Å². The molecule has 1 saturated heterocycles. The Morgan fingerprint density at radius 1 is 0.884 bits per heavy atom. The number of carbonyl (C=O) groups excluding carboxylic acids is 2. The molecule has 9 atom stereocenters. The first kappa shape index (κ1) is 31.7. The number of ether oxygens (including phenoxy) is 1. The van der Waals surface area contributed by atoms with E-state index < -0.39 is 11.6 Å².